The van der Waals surface area contributed by atoms with Crippen molar-refractivity contribution in [1.29, 1.82) is 10.5 Å². The highest BCUT2D eigenvalue weighted by Gasteiger charge is 2.00. The number of hydrogen-bond donors (Lipinski definition) is 1. The fourth-order valence-electron chi connectivity index (χ4n) is 1.46. The van der Waals surface area contributed by atoms with Crippen LogP contribution in [0.3, 0.4) is 0 Å². The molecular weight excluding hydrogens is 271 g/mol. The number of halogens is 1. The molecule has 0 amide bonds. The van der Waals surface area contributed by atoms with E-state index < -0.39 is 0 Å². The zero-order valence-corrected chi connectivity index (χ0v) is 10.7. The van der Waals surface area contributed by atoms with Crippen molar-refractivity contribution < 1.29 is 9.13 Å². The average Bonchev–Trinajstić information content (AvgIpc) is 2.51. The molecule has 2 aromatic carbocycles. The zero-order valence-electron chi connectivity index (χ0n) is 10.7. The molecule has 0 unspecified atom stereocenters. The van der Waals surface area contributed by atoms with E-state index in [4.69, 9.17) is 15.3 Å². The summed E-state index contributed by atoms with van der Waals surface area (Å²) in [7, 11) is 0. The van der Waals surface area contributed by atoms with Crippen molar-refractivity contribution in [3.05, 3.63) is 54.3 Å². The predicted octanol–water partition coefficient (Wildman–Crippen LogP) is 3.43. The third kappa shape index (κ3) is 4.05. The lowest BCUT2D eigenvalue weighted by Crippen LogP contribution is -1.96. The number of rotatable bonds is 4. The van der Waals surface area contributed by atoms with Crippen molar-refractivity contribution in [2.45, 2.75) is 0 Å². The molecule has 0 heterocycles. The average molecular weight is 280 g/mol. The smallest absolute Gasteiger partial charge is 0.237 e. The van der Waals surface area contributed by atoms with E-state index in [-0.39, 0.29) is 11.5 Å². The van der Waals surface area contributed by atoms with Crippen LogP contribution in [0, 0.1) is 28.5 Å². The van der Waals surface area contributed by atoms with E-state index in [1.54, 1.807) is 36.4 Å². The first kappa shape index (κ1) is 14.0. The molecule has 0 aliphatic heterocycles. The Balaban J connectivity index is 2.11. The van der Waals surface area contributed by atoms with Crippen LogP contribution in [-0.2, 0) is 0 Å². The van der Waals surface area contributed by atoms with Gasteiger partial charge in [0.25, 0.3) is 0 Å². The first-order valence-corrected chi connectivity index (χ1v) is 5.88. The molecule has 102 valence electrons. The SMILES string of the molecule is N#CC(C#N)=NNc1cccc(Oc2ccc(F)cc2)c1. The number of ether oxygens (including phenoxy) is 1. The van der Waals surface area contributed by atoms with Gasteiger partial charge in [0.1, 0.15) is 29.5 Å². The Kier molecular flexibility index (Phi) is 4.47. The van der Waals surface area contributed by atoms with Gasteiger partial charge in [-0.05, 0) is 36.4 Å². The Morgan fingerprint density at radius 2 is 1.76 bits per heavy atom. The maximum atomic E-state index is 12.8. The maximum Gasteiger partial charge on any atom is 0.237 e. The number of hydrazone groups is 1. The van der Waals surface area contributed by atoms with Crippen molar-refractivity contribution in [3.63, 3.8) is 0 Å². The number of benzene rings is 2. The molecule has 0 radical (unpaired) electrons. The Morgan fingerprint density at radius 3 is 2.43 bits per heavy atom. The standard InChI is InChI=1S/C15H9FN4O/c16-11-4-6-14(7-5-11)21-15-3-1-2-12(8-15)19-20-13(9-17)10-18/h1-8,19H. The molecule has 0 aliphatic rings. The Labute approximate surface area is 120 Å². The second-order valence-electron chi connectivity index (χ2n) is 3.88. The minimum atomic E-state index is -0.340. The minimum Gasteiger partial charge on any atom is -0.457 e. The summed E-state index contributed by atoms with van der Waals surface area (Å²) in [5, 5.41) is 20.8. The fourth-order valence-corrected chi connectivity index (χ4v) is 1.46. The van der Waals surface area contributed by atoms with Crippen LogP contribution in [-0.4, -0.2) is 5.71 Å². The van der Waals surface area contributed by atoms with E-state index in [9.17, 15) is 4.39 Å². The van der Waals surface area contributed by atoms with Gasteiger partial charge in [-0.2, -0.15) is 15.6 Å². The third-order valence-corrected chi connectivity index (χ3v) is 2.39. The summed E-state index contributed by atoms with van der Waals surface area (Å²) in [6.45, 7) is 0. The van der Waals surface area contributed by atoms with E-state index >= 15 is 0 Å². The van der Waals surface area contributed by atoms with Crippen LogP contribution in [0.1, 0.15) is 0 Å². The van der Waals surface area contributed by atoms with Crippen LogP contribution in [0.5, 0.6) is 11.5 Å². The fraction of sp³-hybridized carbons (Fsp3) is 0. The van der Waals surface area contributed by atoms with Gasteiger partial charge in [0.15, 0.2) is 0 Å². The highest BCUT2D eigenvalue weighted by atomic mass is 19.1. The molecule has 0 fully saturated rings. The molecule has 21 heavy (non-hydrogen) atoms. The van der Waals surface area contributed by atoms with Gasteiger partial charge in [0.05, 0.1) is 5.69 Å². The molecule has 0 aromatic heterocycles. The molecule has 1 N–H and O–H groups in total. The number of nitrogens with one attached hydrogen (secondary N) is 1. The molecule has 0 atom stereocenters. The van der Waals surface area contributed by atoms with Crippen molar-refractivity contribution in [2.75, 3.05) is 5.43 Å². The normalized spacial score (nSPS) is 9.10. The van der Waals surface area contributed by atoms with Gasteiger partial charge >= 0.3 is 0 Å². The number of hydrogen-bond acceptors (Lipinski definition) is 5. The molecule has 0 bridgehead atoms. The largest absolute Gasteiger partial charge is 0.457 e. The predicted molar refractivity (Wildman–Crippen MR) is 75.2 cm³/mol. The van der Waals surface area contributed by atoms with Gasteiger partial charge in [-0.3, -0.25) is 5.43 Å². The molecule has 0 saturated heterocycles. The first-order valence-electron chi connectivity index (χ1n) is 5.88. The highest BCUT2D eigenvalue weighted by Crippen LogP contribution is 2.24. The van der Waals surface area contributed by atoms with E-state index in [0.717, 1.165) is 0 Å². The van der Waals surface area contributed by atoms with Crippen LogP contribution in [0.15, 0.2) is 53.6 Å². The summed E-state index contributed by atoms with van der Waals surface area (Å²) in [4.78, 5) is 0. The summed E-state index contributed by atoms with van der Waals surface area (Å²) >= 11 is 0. The summed E-state index contributed by atoms with van der Waals surface area (Å²) in [5.74, 6) is 0.664. The molecule has 0 saturated carbocycles. The van der Waals surface area contributed by atoms with Crippen LogP contribution < -0.4 is 10.2 Å². The Bertz CT molecular complexity index is 726. The van der Waals surface area contributed by atoms with Crippen LogP contribution in [0.25, 0.3) is 0 Å². The number of nitrogens with zero attached hydrogens (tertiary/aromatic N) is 3. The van der Waals surface area contributed by atoms with Crippen molar-refractivity contribution >= 4 is 11.4 Å². The third-order valence-electron chi connectivity index (χ3n) is 2.39. The summed E-state index contributed by atoms with van der Waals surface area (Å²) in [6.07, 6.45) is 0. The molecule has 6 heteroatoms. The quantitative estimate of drug-likeness (QED) is 0.687. The Hall–Kier alpha value is -3.38. The van der Waals surface area contributed by atoms with Crippen LogP contribution >= 0.6 is 0 Å². The lowest BCUT2D eigenvalue weighted by atomic mass is 10.3. The summed E-state index contributed by atoms with van der Waals surface area (Å²) < 4.78 is 18.3. The second-order valence-corrected chi connectivity index (χ2v) is 3.88. The topological polar surface area (TPSA) is 81.2 Å². The van der Waals surface area contributed by atoms with Gasteiger partial charge in [0.2, 0.25) is 5.71 Å². The monoisotopic (exact) mass is 280 g/mol. The van der Waals surface area contributed by atoms with Crippen molar-refractivity contribution in [1.82, 2.24) is 0 Å². The molecule has 0 aliphatic carbocycles. The van der Waals surface area contributed by atoms with Crippen molar-refractivity contribution in [2.24, 2.45) is 5.10 Å². The highest BCUT2D eigenvalue weighted by molar-refractivity contribution is 6.10. The van der Waals surface area contributed by atoms with Crippen LogP contribution in [0.2, 0.25) is 0 Å². The first-order chi connectivity index (χ1) is 10.2. The summed E-state index contributed by atoms with van der Waals surface area (Å²) in [5.41, 5.74) is 2.86. The van der Waals surface area contributed by atoms with Crippen molar-refractivity contribution in [3.8, 4) is 23.6 Å². The van der Waals surface area contributed by atoms with Gasteiger partial charge in [-0.25, -0.2) is 4.39 Å². The Morgan fingerprint density at radius 1 is 1.05 bits per heavy atom. The van der Waals surface area contributed by atoms with Gasteiger partial charge < -0.3 is 4.74 Å². The molecule has 0 spiro atoms. The minimum absolute atomic E-state index is 0.278. The van der Waals surface area contributed by atoms with E-state index in [1.165, 1.54) is 24.3 Å². The van der Waals surface area contributed by atoms with E-state index in [1.807, 2.05) is 0 Å². The second kappa shape index (κ2) is 6.69. The maximum absolute atomic E-state index is 12.8. The molecular formula is C15H9FN4O. The van der Waals surface area contributed by atoms with E-state index in [0.29, 0.717) is 17.2 Å². The molecule has 2 rings (SSSR count). The van der Waals surface area contributed by atoms with Gasteiger partial charge in [-0.15, -0.1) is 0 Å². The lowest BCUT2D eigenvalue weighted by Gasteiger charge is -2.07. The lowest BCUT2D eigenvalue weighted by molar-refractivity contribution is 0.481. The molecule has 2 aromatic rings. The zero-order chi connectivity index (χ0) is 15.1. The van der Waals surface area contributed by atoms with E-state index in [2.05, 4.69) is 10.5 Å². The molecule has 5 nitrogen and oxygen atoms in total. The van der Waals surface area contributed by atoms with Gasteiger partial charge in [0, 0.05) is 6.07 Å². The van der Waals surface area contributed by atoms with Crippen LogP contribution in [0.4, 0.5) is 10.1 Å². The number of anilines is 1. The summed E-state index contributed by atoms with van der Waals surface area (Å²) in [6, 6.07) is 15.7. The van der Waals surface area contributed by atoms with Gasteiger partial charge in [-0.1, -0.05) is 6.07 Å². The number of nitriles is 2.